The first kappa shape index (κ1) is 13.3. The minimum Gasteiger partial charge on any atom is -0.508 e. The summed E-state index contributed by atoms with van der Waals surface area (Å²) in [6.07, 6.45) is 5.87. The number of hydrogen-bond donors (Lipinski definition) is 1. The third kappa shape index (κ3) is 4.21. The van der Waals surface area contributed by atoms with Gasteiger partial charge in [-0.2, -0.15) is 0 Å². The van der Waals surface area contributed by atoms with Crippen molar-refractivity contribution in [2.45, 2.75) is 32.2 Å². The Morgan fingerprint density at radius 1 is 1.21 bits per heavy atom. The Balaban J connectivity index is 1.82. The molecule has 1 aromatic heterocycles. The molecule has 0 saturated carbocycles. The zero-order valence-electron chi connectivity index (χ0n) is 10.7. The van der Waals surface area contributed by atoms with Gasteiger partial charge in [-0.25, -0.2) is 0 Å². The van der Waals surface area contributed by atoms with Crippen molar-refractivity contribution in [3.8, 4) is 5.75 Å². The number of hydrogen-bond acceptors (Lipinski definition) is 4. The number of aromatic nitrogens is 3. The number of aryl methyl sites for hydroxylation is 3. The Labute approximate surface area is 111 Å². The molecule has 5 nitrogen and oxygen atoms in total. The first-order valence-electron chi connectivity index (χ1n) is 6.38. The van der Waals surface area contributed by atoms with Gasteiger partial charge in [0.1, 0.15) is 12.0 Å². The van der Waals surface area contributed by atoms with Gasteiger partial charge < -0.3 is 9.90 Å². The van der Waals surface area contributed by atoms with Gasteiger partial charge in [-0.15, -0.1) is 5.10 Å². The van der Waals surface area contributed by atoms with Crippen molar-refractivity contribution in [1.82, 2.24) is 15.0 Å². The van der Waals surface area contributed by atoms with E-state index in [9.17, 15) is 9.90 Å². The number of carbonyl (C=O) groups is 1. The fourth-order valence-electron chi connectivity index (χ4n) is 1.84. The molecule has 0 aliphatic rings. The minimum absolute atomic E-state index is 0.280. The summed E-state index contributed by atoms with van der Waals surface area (Å²) in [4.78, 5) is 10.2. The molecule has 0 fully saturated rings. The lowest BCUT2D eigenvalue weighted by molar-refractivity contribution is -0.107. The molecule has 1 aromatic carbocycles. The minimum atomic E-state index is 0.280. The number of unbranched alkanes of at least 4 members (excludes halogenated alkanes) is 1. The number of phenolic OH excluding ortho intramolecular Hbond substituents is 1. The van der Waals surface area contributed by atoms with Crippen molar-refractivity contribution >= 4 is 6.29 Å². The Morgan fingerprint density at radius 2 is 2.00 bits per heavy atom. The fourth-order valence-corrected chi connectivity index (χ4v) is 1.84. The molecule has 0 aliphatic heterocycles. The molecule has 0 radical (unpaired) electrons. The maximum absolute atomic E-state index is 10.2. The van der Waals surface area contributed by atoms with Crippen LogP contribution in [0.25, 0.3) is 0 Å². The summed E-state index contributed by atoms with van der Waals surface area (Å²) >= 11 is 0. The second-order valence-electron chi connectivity index (χ2n) is 4.45. The zero-order valence-corrected chi connectivity index (χ0v) is 10.7. The van der Waals surface area contributed by atoms with Crippen LogP contribution in [0.15, 0.2) is 30.5 Å². The van der Waals surface area contributed by atoms with Crippen LogP contribution in [0.4, 0.5) is 0 Å². The lowest BCUT2D eigenvalue weighted by Gasteiger charge is -2.01. The van der Waals surface area contributed by atoms with Gasteiger partial charge in [0.25, 0.3) is 0 Å². The topological polar surface area (TPSA) is 68.0 Å². The summed E-state index contributed by atoms with van der Waals surface area (Å²) in [5.74, 6) is 0.280. The third-order valence-corrected chi connectivity index (χ3v) is 2.91. The van der Waals surface area contributed by atoms with Crippen molar-refractivity contribution in [1.29, 1.82) is 0 Å². The van der Waals surface area contributed by atoms with Crippen LogP contribution in [0, 0.1) is 0 Å². The highest BCUT2D eigenvalue weighted by Crippen LogP contribution is 2.10. The van der Waals surface area contributed by atoms with Gasteiger partial charge >= 0.3 is 0 Å². The monoisotopic (exact) mass is 259 g/mol. The Bertz CT molecular complexity index is 520. The van der Waals surface area contributed by atoms with Gasteiger partial charge in [-0.3, -0.25) is 4.68 Å². The molecule has 0 spiro atoms. The zero-order chi connectivity index (χ0) is 13.5. The molecule has 100 valence electrons. The SMILES string of the molecule is O=CCCCc1cn(CCc2ccc(O)cc2)nn1. The van der Waals surface area contributed by atoms with E-state index < -0.39 is 0 Å². The highest BCUT2D eigenvalue weighted by Gasteiger charge is 2.01. The van der Waals surface area contributed by atoms with Crippen LogP contribution in [0.5, 0.6) is 5.75 Å². The smallest absolute Gasteiger partial charge is 0.120 e. The molecule has 0 amide bonds. The molecule has 2 rings (SSSR count). The molecule has 5 heteroatoms. The van der Waals surface area contributed by atoms with E-state index >= 15 is 0 Å². The predicted molar refractivity (Wildman–Crippen MR) is 70.8 cm³/mol. The molecule has 0 saturated heterocycles. The summed E-state index contributed by atoms with van der Waals surface area (Å²) in [5, 5.41) is 17.3. The van der Waals surface area contributed by atoms with Gasteiger partial charge in [0, 0.05) is 19.2 Å². The summed E-state index contributed by atoms with van der Waals surface area (Å²) in [6.45, 7) is 0.755. The van der Waals surface area contributed by atoms with Crippen LogP contribution in [0.2, 0.25) is 0 Å². The van der Waals surface area contributed by atoms with Crippen molar-refractivity contribution < 1.29 is 9.90 Å². The molecule has 0 unspecified atom stereocenters. The van der Waals surface area contributed by atoms with Crippen molar-refractivity contribution in [3.05, 3.63) is 41.7 Å². The van der Waals surface area contributed by atoms with Crippen LogP contribution in [-0.2, 0) is 24.2 Å². The van der Waals surface area contributed by atoms with Crippen molar-refractivity contribution in [3.63, 3.8) is 0 Å². The van der Waals surface area contributed by atoms with E-state index in [1.165, 1.54) is 0 Å². The second-order valence-corrected chi connectivity index (χ2v) is 4.45. The molecule has 2 aromatic rings. The van der Waals surface area contributed by atoms with E-state index in [0.717, 1.165) is 43.4 Å². The van der Waals surface area contributed by atoms with Crippen LogP contribution >= 0.6 is 0 Å². The maximum Gasteiger partial charge on any atom is 0.120 e. The van der Waals surface area contributed by atoms with Gasteiger partial charge in [0.2, 0.25) is 0 Å². The quantitative estimate of drug-likeness (QED) is 0.607. The molecular weight excluding hydrogens is 242 g/mol. The van der Waals surface area contributed by atoms with Crippen LogP contribution in [0.3, 0.4) is 0 Å². The largest absolute Gasteiger partial charge is 0.508 e. The lowest BCUT2D eigenvalue weighted by atomic mass is 10.1. The third-order valence-electron chi connectivity index (χ3n) is 2.91. The molecular formula is C14H17N3O2. The van der Waals surface area contributed by atoms with Crippen LogP contribution < -0.4 is 0 Å². The fraction of sp³-hybridized carbons (Fsp3) is 0.357. The standard InChI is InChI=1S/C14H17N3O2/c18-10-2-1-3-13-11-17(16-15-13)9-8-12-4-6-14(19)7-5-12/h4-7,10-11,19H,1-3,8-9H2. The van der Waals surface area contributed by atoms with E-state index in [1.807, 2.05) is 23.0 Å². The summed E-state index contributed by atoms with van der Waals surface area (Å²) in [6, 6.07) is 7.16. The molecule has 0 bridgehead atoms. The van der Waals surface area contributed by atoms with Crippen molar-refractivity contribution in [2.24, 2.45) is 0 Å². The molecule has 0 atom stereocenters. The van der Waals surface area contributed by atoms with Gasteiger partial charge in [-0.05, 0) is 37.0 Å². The highest BCUT2D eigenvalue weighted by molar-refractivity contribution is 5.49. The number of rotatable bonds is 7. The van der Waals surface area contributed by atoms with E-state index in [-0.39, 0.29) is 5.75 Å². The Kier molecular flexibility index (Phi) is 4.66. The number of aromatic hydroxyl groups is 1. The van der Waals surface area contributed by atoms with Crippen LogP contribution in [0.1, 0.15) is 24.1 Å². The first-order chi connectivity index (χ1) is 9.28. The molecule has 19 heavy (non-hydrogen) atoms. The lowest BCUT2D eigenvalue weighted by Crippen LogP contribution is -2.01. The van der Waals surface area contributed by atoms with E-state index in [0.29, 0.717) is 6.42 Å². The normalized spacial score (nSPS) is 10.5. The average Bonchev–Trinajstić information content (AvgIpc) is 2.86. The average molecular weight is 259 g/mol. The van der Waals surface area contributed by atoms with Gasteiger partial charge in [0.05, 0.1) is 5.69 Å². The van der Waals surface area contributed by atoms with E-state index in [4.69, 9.17) is 0 Å². The summed E-state index contributed by atoms with van der Waals surface area (Å²) < 4.78 is 1.81. The first-order valence-corrected chi connectivity index (χ1v) is 6.38. The Hall–Kier alpha value is -2.17. The van der Waals surface area contributed by atoms with Gasteiger partial charge in [-0.1, -0.05) is 17.3 Å². The van der Waals surface area contributed by atoms with Gasteiger partial charge in [0.15, 0.2) is 0 Å². The predicted octanol–water partition coefficient (Wildman–Crippen LogP) is 1.75. The number of nitrogens with zero attached hydrogens (tertiary/aromatic N) is 3. The number of phenols is 1. The van der Waals surface area contributed by atoms with E-state index in [1.54, 1.807) is 12.1 Å². The van der Waals surface area contributed by atoms with Crippen molar-refractivity contribution in [2.75, 3.05) is 0 Å². The molecule has 1 N–H and O–H groups in total. The molecule has 0 aliphatic carbocycles. The summed E-state index contributed by atoms with van der Waals surface area (Å²) in [7, 11) is 0. The highest BCUT2D eigenvalue weighted by atomic mass is 16.3. The maximum atomic E-state index is 10.2. The molecule has 1 heterocycles. The van der Waals surface area contributed by atoms with E-state index in [2.05, 4.69) is 10.3 Å². The summed E-state index contributed by atoms with van der Waals surface area (Å²) in [5.41, 5.74) is 2.07. The Morgan fingerprint density at radius 3 is 2.74 bits per heavy atom. The second kappa shape index (κ2) is 6.68. The number of carbonyl (C=O) groups excluding carboxylic acids is 1. The van der Waals surface area contributed by atoms with Crippen LogP contribution in [-0.4, -0.2) is 26.4 Å². The number of benzene rings is 1. The number of aldehydes is 1.